The van der Waals surface area contributed by atoms with Crippen LogP contribution in [0.2, 0.25) is 0 Å². The Labute approximate surface area is 124 Å². The summed E-state index contributed by atoms with van der Waals surface area (Å²) in [6.45, 7) is 0. The van der Waals surface area contributed by atoms with Crippen molar-refractivity contribution >= 4 is 17.7 Å². The highest BCUT2D eigenvalue weighted by Crippen LogP contribution is 2.12. The van der Waals surface area contributed by atoms with Crippen LogP contribution in [0.1, 0.15) is 5.56 Å². The number of nitro benzene ring substituents is 1. The van der Waals surface area contributed by atoms with E-state index in [1.54, 1.807) is 19.2 Å². The van der Waals surface area contributed by atoms with Gasteiger partial charge in [0, 0.05) is 37.9 Å². The summed E-state index contributed by atoms with van der Waals surface area (Å²) in [4.78, 5) is 35.7. The zero-order valence-corrected chi connectivity index (χ0v) is 11.9. The van der Waals surface area contributed by atoms with Gasteiger partial charge in [-0.25, -0.2) is 4.79 Å². The zero-order chi connectivity index (χ0) is 16.3. The van der Waals surface area contributed by atoms with Crippen LogP contribution in [0.3, 0.4) is 0 Å². The predicted octanol–water partition coefficient (Wildman–Crippen LogP) is 0.452. The van der Waals surface area contributed by atoms with E-state index in [1.807, 2.05) is 0 Å². The summed E-state index contributed by atoms with van der Waals surface area (Å²) in [6.07, 6.45) is 1.39. The Morgan fingerprint density at radius 2 is 2.09 bits per heavy atom. The Bertz CT molecular complexity index is 821. The van der Waals surface area contributed by atoms with E-state index in [9.17, 15) is 19.7 Å². The van der Waals surface area contributed by atoms with Crippen molar-refractivity contribution in [3.63, 3.8) is 0 Å². The summed E-state index contributed by atoms with van der Waals surface area (Å²) in [5, 5.41) is 16.0. The van der Waals surface area contributed by atoms with Crippen molar-refractivity contribution in [1.82, 2.24) is 9.55 Å². The van der Waals surface area contributed by atoms with Gasteiger partial charge in [-0.1, -0.05) is 12.1 Å². The van der Waals surface area contributed by atoms with E-state index < -0.39 is 16.2 Å². The number of aromatic amines is 1. The van der Waals surface area contributed by atoms with E-state index in [4.69, 9.17) is 0 Å². The summed E-state index contributed by atoms with van der Waals surface area (Å²) < 4.78 is 0.932. The van der Waals surface area contributed by atoms with Crippen LogP contribution in [0.15, 0.2) is 45.0 Å². The van der Waals surface area contributed by atoms with Gasteiger partial charge in [0.1, 0.15) is 5.82 Å². The molecule has 0 spiro atoms. The third kappa shape index (κ3) is 3.26. The van der Waals surface area contributed by atoms with Crippen molar-refractivity contribution in [3.8, 4) is 0 Å². The number of benzene rings is 1. The third-order valence-electron chi connectivity index (χ3n) is 2.94. The van der Waals surface area contributed by atoms with E-state index in [-0.39, 0.29) is 11.5 Å². The zero-order valence-electron chi connectivity index (χ0n) is 11.9. The number of hydrazone groups is 1. The molecule has 1 aromatic heterocycles. The molecule has 0 bridgehead atoms. The lowest BCUT2D eigenvalue weighted by atomic mass is 10.2. The van der Waals surface area contributed by atoms with Crippen LogP contribution in [0.25, 0.3) is 0 Å². The molecular weight excluding hydrogens is 290 g/mol. The molecule has 0 atom stereocenters. The molecule has 0 radical (unpaired) electrons. The second-order valence-electron chi connectivity index (χ2n) is 4.48. The minimum atomic E-state index is -0.556. The van der Waals surface area contributed by atoms with Gasteiger partial charge in [0.2, 0.25) is 0 Å². The molecule has 114 valence electrons. The van der Waals surface area contributed by atoms with Crippen LogP contribution in [0, 0.1) is 10.1 Å². The van der Waals surface area contributed by atoms with Crippen LogP contribution in [0.4, 0.5) is 11.5 Å². The van der Waals surface area contributed by atoms with E-state index in [2.05, 4.69) is 10.1 Å². The topological polar surface area (TPSA) is 114 Å². The molecule has 9 heteroatoms. The Balaban J connectivity index is 2.27. The highest BCUT2D eigenvalue weighted by atomic mass is 16.6. The number of nitrogens with one attached hydrogen (secondary N) is 1. The molecule has 0 unspecified atom stereocenters. The quantitative estimate of drug-likeness (QED) is 0.500. The van der Waals surface area contributed by atoms with E-state index in [1.165, 1.54) is 36.5 Å². The number of nitrogens with zero attached hydrogens (tertiary/aromatic N) is 4. The summed E-state index contributed by atoms with van der Waals surface area (Å²) in [5.41, 5.74) is -0.545. The van der Waals surface area contributed by atoms with Crippen LogP contribution in [-0.4, -0.2) is 27.7 Å². The van der Waals surface area contributed by atoms with E-state index in [0.717, 1.165) is 4.57 Å². The fourth-order valence-corrected chi connectivity index (χ4v) is 1.65. The Kier molecular flexibility index (Phi) is 4.16. The van der Waals surface area contributed by atoms with Gasteiger partial charge >= 0.3 is 5.69 Å². The van der Waals surface area contributed by atoms with Crippen molar-refractivity contribution < 1.29 is 4.92 Å². The van der Waals surface area contributed by atoms with Crippen molar-refractivity contribution in [2.45, 2.75) is 0 Å². The predicted molar refractivity (Wildman–Crippen MR) is 81.4 cm³/mol. The smallest absolute Gasteiger partial charge is 0.292 e. The average Bonchev–Trinajstić information content (AvgIpc) is 2.50. The number of hydrogen-bond donors (Lipinski definition) is 1. The molecule has 0 aliphatic carbocycles. The Morgan fingerprint density at radius 1 is 1.36 bits per heavy atom. The Hall–Kier alpha value is -3.23. The van der Waals surface area contributed by atoms with Gasteiger partial charge in [0.25, 0.3) is 11.2 Å². The largest absolute Gasteiger partial charge is 0.329 e. The molecule has 0 amide bonds. The summed E-state index contributed by atoms with van der Waals surface area (Å²) in [6, 6.07) is 7.16. The van der Waals surface area contributed by atoms with Crippen LogP contribution in [-0.2, 0) is 7.05 Å². The van der Waals surface area contributed by atoms with Gasteiger partial charge in [-0.2, -0.15) is 5.10 Å². The minimum Gasteiger partial charge on any atom is -0.292 e. The van der Waals surface area contributed by atoms with Gasteiger partial charge in [0.05, 0.1) is 11.1 Å². The molecule has 0 fully saturated rings. The van der Waals surface area contributed by atoms with Gasteiger partial charge in [-0.05, 0) is 0 Å². The minimum absolute atomic E-state index is 0.0476. The maximum Gasteiger partial charge on any atom is 0.329 e. The van der Waals surface area contributed by atoms with Gasteiger partial charge in [0.15, 0.2) is 0 Å². The standard InChI is InChI=1S/C13H13N5O4/c1-16-12(19)7-11(15-13(16)20)17(2)14-8-9-4-3-5-10(6-9)18(21)22/h3-8H,1-2H3,(H,15,20)/b14-8-. The van der Waals surface area contributed by atoms with Crippen molar-refractivity contribution in [2.75, 3.05) is 12.1 Å². The third-order valence-corrected chi connectivity index (χ3v) is 2.94. The first-order chi connectivity index (χ1) is 10.4. The van der Waals surface area contributed by atoms with Crippen molar-refractivity contribution in [3.05, 3.63) is 66.8 Å². The number of non-ortho nitro benzene ring substituents is 1. The average molecular weight is 303 g/mol. The molecule has 1 N–H and O–H groups in total. The van der Waals surface area contributed by atoms with E-state index >= 15 is 0 Å². The molecule has 1 aromatic carbocycles. The SMILES string of the molecule is CN(/N=C\c1cccc([N+](=O)[O-])c1)c1cc(=O)n(C)c(=O)[nH]1. The number of H-pyrrole nitrogens is 1. The summed E-state index contributed by atoms with van der Waals surface area (Å²) in [7, 11) is 2.90. The Morgan fingerprint density at radius 3 is 2.73 bits per heavy atom. The molecule has 0 saturated heterocycles. The number of anilines is 1. The second-order valence-corrected chi connectivity index (χ2v) is 4.48. The molecule has 9 nitrogen and oxygen atoms in total. The summed E-state index contributed by atoms with van der Waals surface area (Å²) in [5.74, 6) is 0.217. The van der Waals surface area contributed by atoms with Gasteiger partial charge < -0.3 is 0 Å². The lowest BCUT2D eigenvalue weighted by Gasteiger charge is -2.12. The number of aromatic nitrogens is 2. The number of hydrogen-bond acceptors (Lipinski definition) is 6. The van der Waals surface area contributed by atoms with Crippen LogP contribution < -0.4 is 16.3 Å². The lowest BCUT2D eigenvalue weighted by Crippen LogP contribution is -2.33. The normalized spacial score (nSPS) is 10.8. The lowest BCUT2D eigenvalue weighted by molar-refractivity contribution is -0.384. The van der Waals surface area contributed by atoms with E-state index in [0.29, 0.717) is 5.56 Å². The van der Waals surface area contributed by atoms with Gasteiger partial charge in [-0.3, -0.25) is 29.5 Å². The number of nitro groups is 1. The summed E-state index contributed by atoms with van der Waals surface area (Å²) >= 11 is 0. The first kappa shape index (κ1) is 15.2. The number of rotatable bonds is 4. The molecule has 0 aliphatic rings. The molecule has 22 heavy (non-hydrogen) atoms. The molecule has 0 saturated carbocycles. The fourth-order valence-electron chi connectivity index (χ4n) is 1.65. The maximum atomic E-state index is 11.5. The van der Waals surface area contributed by atoms with Crippen LogP contribution in [0.5, 0.6) is 0 Å². The second kappa shape index (κ2) is 6.04. The monoisotopic (exact) mass is 303 g/mol. The van der Waals surface area contributed by atoms with Crippen LogP contribution >= 0.6 is 0 Å². The molecule has 0 aliphatic heterocycles. The molecular formula is C13H13N5O4. The fraction of sp³-hybridized carbons (Fsp3) is 0.154. The molecule has 2 aromatic rings. The van der Waals surface area contributed by atoms with Crippen molar-refractivity contribution in [2.24, 2.45) is 12.1 Å². The van der Waals surface area contributed by atoms with Crippen molar-refractivity contribution in [1.29, 1.82) is 0 Å². The first-order valence-corrected chi connectivity index (χ1v) is 6.21. The molecule has 2 rings (SSSR count). The maximum absolute atomic E-state index is 11.5. The molecule has 1 heterocycles. The highest BCUT2D eigenvalue weighted by Gasteiger charge is 2.06. The van der Waals surface area contributed by atoms with Gasteiger partial charge in [-0.15, -0.1) is 0 Å². The first-order valence-electron chi connectivity index (χ1n) is 6.21. The highest BCUT2D eigenvalue weighted by molar-refractivity contribution is 5.81.